The summed E-state index contributed by atoms with van der Waals surface area (Å²) in [6, 6.07) is 0. The van der Waals surface area contributed by atoms with Gasteiger partial charge in [-0.3, -0.25) is 19.4 Å². The van der Waals surface area contributed by atoms with Crippen LogP contribution >= 0.6 is 0 Å². The molecule has 24 nitrogen and oxygen atoms in total. The van der Waals surface area contributed by atoms with Gasteiger partial charge in [0, 0.05) is 87.3 Å². The lowest BCUT2D eigenvalue weighted by molar-refractivity contribution is -0.160. The highest BCUT2D eigenvalue weighted by atomic mass is 16.7. The Morgan fingerprint density at radius 3 is 2.08 bits per heavy atom. The average molecular weight is 1060 g/mol. The molecule has 0 unspecified atom stereocenters. The topological polar surface area (TPSA) is 368 Å². The molecule has 0 saturated carbocycles. The quantitative estimate of drug-likeness (QED) is 0.0815. The number of allylic oxidation sites excluding steroid dienone is 2. The maximum absolute atomic E-state index is 14.4. The van der Waals surface area contributed by atoms with Gasteiger partial charge in [-0.2, -0.15) is 5.10 Å². The van der Waals surface area contributed by atoms with Gasteiger partial charge < -0.3 is 90.1 Å². The zero-order valence-electron chi connectivity index (χ0n) is 43.6. The number of rotatable bonds is 7. The number of aromatic hydroxyl groups is 3. The molecule has 0 radical (unpaired) electrons. The molecule has 2 aromatic carbocycles. The minimum Gasteiger partial charge on any atom is -0.507 e. The van der Waals surface area contributed by atoms with E-state index in [4.69, 9.17) is 49.6 Å². The normalized spacial score (nSPS) is 29.8. The smallest absolute Gasteiger partial charge is 0.377 e. The Morgan fingerprint density at radius 2 is 1.53 bits per heavy atom. The predicted octanol–water partition coefficient (Wildman–Crippen LogP) is 1.90. The summed E-state index contributed by atoms with van der Waals surface area (Å²) in [4.78, 5) is 53.2. The van der Waals surface area contributed by atoms with Crippen LogP contribution in [-0.4, -0.2) is 198 Å². The number of ether oxygens (including phenoxy) is 5. The van der Waals surface area contributed by atoms with Crippen molar-refractivity contribution in [2.24, 2.45) is 28.8 Å². The van der Waals surface area contributed by atoms with Crippen LogP contribution in [0.4, 0.5) is 5.69 Å². The van der Waals surface area contributed by atoms with Crippen LogP contribution in [0.15, 0.2) is 52.8 Å². The van der Waals surface area contributed by atoms with Gasteiger partial charge in [-0.15, -0.1) is 0 Å². The number of cyclic esters (lactones) is 1. The molecule has 7 rings (SSSR count). The molecule has 0 aromatic heterocycles. The molecule has 12 N–H and O–H groups in total. The van der Waals surface area contributed by atoms with Gasteiger partial charge in [0.05, 0.1) is 72.8 Å². The molecule has 0 spiro atoms. The molecule has 5 bridgehead atoms. The van der Waals surface area contributed by atoms with Gasteiger partial charge in [0.15, 0.2) is 17.6 Å². The Balaban J connectivity index is 0.000000651. The molecule has 5 aliphatic rings. The first-order valence-electron chi connectivity index (χ1n) is 24.1. The van der Waals surface area contributed by atoms with Crippen molar-refractivity contribution in [1.29, 1.82) is 0 Å². The number of aliphatic hydroxyl groups excluding tert-OH is 8. The number of hydrazone groups is 1. The Hall–Kier alpha value is -6.51. The fraction of sp³-hybridized carbons (Fsp3) is 0.549. The van der Waals surface area contributed by atoms with Crippen molar-refractivity contribution < 1.29 is 99.0 Å². The maximum atomic E-state index is 14.4. The summed E-state index contributed by atoms with van der Waals surface area (Å²) < 4.78 is 27.9. The minimum absolute atomic E-state index is 0.0559. The van der Waals surface area contributed by atoms with E-state index in [0.717, 1.165) is 13.1 Å². The number of nitrogens with one attached hydrogen (secondary N) is 1. The molecule has 5 aliphatic heterocycles. The molecule has 11 atom stereocenters. The fourth-order valence-corrected chi connectivity index (χ4v) is 8.75. The predicted molar refractivity (Wildman–Crippen MR) is 270 cm³/mol. The van der Waals surface area contributed by atoms with Crippen LogP contribution in [0, 0.1) is 30.6 Å². The fourth-order valence-electron chi connectivity index (χ4n) is 8.75. The summed E-state index contributed by atoms with van der Waals surface area (Å²) in [5, 5.41) is 117. The van der Waals surface area contributed by atoms with Crippen LogP contribution < -0.4 is 10.1 Å². The molecular formula is C51H72N4O20. The number of benzene rings is 2. The molecule has 1 saturated heterocycles. The summed E-state index contributed by atoms with van der Waals surface area (Å²) >= 11 is 0. The molecule has 2 aromatic rings. The van der Waals surface area contributed by atoms with Crippen LogP contribution in [0.25, 0.3) is 10.8 Å². The summed E-state index contributed by atoms with van der Waals surface area (Å²) in [5.74, 6) is -11.1. The van der Waals surface area contributed by atoms with E-state index in [1.807, 2.05) is 7.05 Å². The first kappa shape index (κ1) is 61.0. The number of anilines is 1. The number of carbonyl (C=O) groups is 4. The zero-order chi connectivity index (χ0) is 56.4. The Kier molecular flexibility index (Phi) is 21.4. The average Bonchev–Trinajstić information content (AvgIpc) is 3.80. The van der Waals surface area contributed by atoms with E-state index in [1.165, 1.54) is 59.4 Å². The number of likely N-dealkylation sites (N-methyl/N-ethyl adjacent to an activating group) is 1. The van der Waals surface area contributed by atoms with Gasteiger partial charge in [0.2, 0.25) is 5.76 Å². The van der Waals surface area contributed by atoms with E-state index in [1.54, 1.807) is 44.9 Å². The van der Waals surface area contributed by atoms with E-state index in [9.17, 15) is 44.7 Å². The summed E-state index contributed by atoms with van der Waals surface area (Å²) in [7, 11) is 3.42. The second-order valence-electron chi connectivity index (χ2n) is 18.9. The molecule has 5 heterocycles. The van der Waals surface area contributed by atoms with E-state index in [-0.39, 0.29) is 57.7 Å². The lowest BCUT2D eigenvalue weighted by atomic mass is 9.78. The number of carbonyl (C=O) groups excluding carboxylic acids is 4. The van der Waals surface area contributed by atoms with Crippen LogP contribution in [0.5, 0.6) is 23.0 Å². The van der Waals surface area contributed by atoms with Crippen molar-refractivity contribution >= 4 is 46.3 Å². The third kappa shape index (κ3) is 13.7. The number of nitrogens with zero attached hydrogens (tertiary/aromatic N) is 3. The van der Waals surface area contributed by atoms with Crippen LogP contribution in [0.3, 0.4) is 0 Å². The first-order valence-corrected chi connectivity index (χ1v) is 24.1. The number of aliphatic hydroxyl groups is 8. The lowest BCUT2D eigenvalue weighted by Crippen LogP contribution is -2.46. The lowest BCUT2D eigenvalue weighted by Gasteiger charge is -2.38. The molecule has 1 fully saturated rings. The second-order valence-corrected chi connectivity index (χ2v) is 18.9. The zero-order valence-corrected chi connectivity index (χ0v) is 43.6. The highest BCUT2D eigenvalue weighted by molar-refractivity contribution is 6.23. The minimum atomic E-state index is -2.04. The molecule has 75 heavy (non-hydrogen) atoms. The van der Waals surface area contributed by atoms with Crippen LogP contribution in [-0.2, 0) is 33.3 Å². The summed E-state index contributed by atoms with van der Waals surface area (Å²) in [6.45, 7) is 14.2. The number of amides is 1. The van der Waals surface area contributed by atoms with E-state index < -0.39 is 125 Å². The second kappa shape index (κ2) is 26.3. The maximum Gasteiger partial charge on any atom is 0.377 e. The number of phenols is 3. The number of phenolic OH excluding ortho intramolecular Hbond substituents is 3. The van der Waals surface area contributed by atoms with Crippen molar-refractivity contribution in [2.75, 3.05) is 65.5 Å². The monoisotopic (exact) mass is 1060 g/mol. The number of methoxy groups -OCH3 is 1. The first-order chi connectivity index (χ1) is 35.2. The third-order valence-electron chi connectivity index (χ3n) is 13.4. The molecule has 0 aliphatic carbocycles. The van der Waals surface area contributed by atoms with Gasteiger partial charge >= 0.3 is 17.7 Å². The van der Waals surface area contributed by atoms with Gasteiger partial charge in [-0.25, -0.2) is 4.79 Å². The Labute approximate surface area is 433 Å². The van der Waals surface area contributed by atoms with Crippen LogP contribution in [0.1, 0.15) is 70.0 Å². The van der Waals surface area contributed by atoms with E-state index >= 15 is 0 Å². The van der Waals surface area contributed by atoms with E-state index in [0.29, 0.717) is 13.1 Å². The van der Waals surface area contributed by atoms with Crippen molar-refractivity contribution in [3.63, 3.8) is 0 Å². The molecule has 1 amide bonds. The SMILES string of the molecule is CO[C@H]1/C=C/O[C@@]2(C)Oc3c(C)c(O)c4c(O)c(c(/C=N/N5CCN(C)CC5)c(O)c4c3C2=O)NC(=O)/C(C)=C\C=C\[C@H](C)[C@H](O)[C@@H](C)[C@@H](O)[C@@H](C)[C@H](OC(C)=O)[C@@H]1C.O=C1O[C@H]([C@@H](O)CO)C(O)=C1O.OCCO. The van der Waals surface area contributed by atoms with Crippen molar-refractivity contribution in [2.45, 2.75) is 97.8 Å². The van der Waals surface area contributed by atoms with Crippen molar-refractivity contribution in [3.05, 3.63) is 64.3 Å². The number of hydrogen-bond donors (Lipinski definition) is 12. The third-order valence-corrected chi connectivity index (χ3v) is 13.4. The van der Waals surface area contributed by atoms with Gasteiger partial charge in [0.25, 0.3) is 11.7 Å². The Morgan fingerprint density at radius 1 is 0.907 bits per heavy atom. The largest absolute Gasteiger partial charge is 0.507 e. The number of hydrogen-bond acceptors (Lipinski definition) is 23. The van der Waals surface area contributed by atoms with Crippen molar-refractivity contribution in [3.8, 4) is 23.0 Å². The summed E-state index contributed by atoms with van der Waals surface area (Å²) in [5.41, 5.74) is -0.350. The van der Waals surface area contributed by atoms with Gasteiger partial charge in [-0.05, 0) is 27.0 Å². The number of fused-ring (bicyclic) bond motifs is 14. The number of esters is 2. The van der Waals surface area contributed by atoms with Gasteiger partial charge in [-0.1, -0.05) is 45.9 Å². The highest BCUT2D eigenvalue weighted by Gasteiger charge is 2.50. The standard InChI is InChI=1S/C43H58N4O12.C6H8O6.C2H6O2/c1-21-12-11-13-22(2)42(55)45-33-28(20-44-47-17-15-46(9)16-18-47)37(52)30-31(38(33)53)36(51)26(6)40-32(30)41(54)43(8,59-40)57-19-14-29(56-10)23(3)39(58-27(7)48)25(5)35(50)24(4)34(21)49;7-1-2(8)5-3(9)4(10)6(11)12-5;3-1-2-4/h11-14,19-21,23-25,29,34-35,39,49-53H,15-18H2,1-10H3,(H,45,55);2,5,7-10H,1H2;3-4H,1-2H2/b12-11+,19-14+,22-13-,44-20+;;/t21-,23+,24+,25+,29-,34-,35+,39+,43-;2-,5+;/m00./s1. The molecular weight excluding hydrogens is 989 g/mol. The van der Waals surface area contributed by atoms with Crippen molar-refractivity contribution in [1.82, 2.24) is 9.91 Å². The molecule has 416 valence electrons. The highest BCUT2D eigenvalue weighted by Crippen LogP contribution is 2.55. The Bertz CT molecular complexity index is 2550. The van der Waals surface area contributed by atoms with E-state index in [2.05, 4.69) is 20.1 Å². The number of ketones is 1. The number of piperazine rings is 1. The summed E-state index contributed by atoms with van der Waals surface area (Å²) in [6.07, 6.45) is 2.08. The number of Topliss-reactive ketones (excluding diaryl/α,β-unsaturated/α-hetero) is 1. The molecule has 24 heteroatoms. The van der Waals surface area contributed by atoms with Crippen LogP contribution in [0.2, 0.25) is 0 Å². The van der Waals surface area contributed by atoms with Gasteiger partial charge in [0.1, 0.15) is 29.5 Å².